The number of nitrogens with zero attached hydrogens (tertiary/aromatic N) is 4. The molecule has 2 aromatic carbocycles. The van der Waals surface area contributed by atoms with Gasteiger partial charge >= 0.3 is 0 Å². The topological polar surface area (TPSA) is 71.8 Å². The van der Waals surface area contributed by atoms with Gasteiger partial charge in [-0.15, -0.1) is 0 Å². The third-order valence-electron chi connectivity index (χ3n) is 6.16. The summed E-state index contributed by atoms with van der Waals surface area (Å²) < 4.78 is 0. The molecule has 0 radical (unpaired) electrons. The second-order valence-electron chi connectivity index (χ2n) is 8.64. The first-order valence-corrected chi connectivity index (χ1v) is 11.9. The molecule has 0 aliphatic heterocycles. The molecule has 176 valence electrons. The molecular formula is C32H22N4O. The Morgan fingerprint density at radius 2 is 0.865 bits per heavy atom. The fourth-order valence-electron chi connectivity index (χ4n) is 4.32. The number of rotatable bonds is 5. The zero-order valence-corrected chi connectivity index (χ0v) is 19.9. The lowest BCUT2D eigenvalue weighted by atomic mass is 10.0. The molecule has 37 heavy (non-hydrogen) atoms. The van der Waals surface area contributed by atoms with E-state index in [1.165, 1.54) is 0 Å². The molecule has 6 rings (SSSR count). The Bertz CT molecular complexity index is 1630. The Morgan fingerprint density at radius 3 is 1.49 bits per heavy atom. The van der Waals surface area contributed by atoms with Crippen molar-refractivity contribution >= 4 is 0 Å². The molecule has 6 aromatic rings. The van der Waals surface area contributed by atoms with Crippen molar-refractivity contribution in [3.05, 3.63) is 128 Å². The van der Waals surface area contributed by atoms with Crippen LogP contribution in [-0.2, 0) is 0 Å². The second-order valence-corrected chi connectivity index (χ2v) is 8.64. The number of benzene rings is 2. The van der Waals surface area contributed by atoms with Crippen LogP contribution in [0.25, 0.3) is 56.2 Å². The van der Waals surface area contributed by atoms with Gasteiger partial charge < -0.3 is 5.11 Å². The van der Waals surface area contributed by atoms with Crippen molar-refractivity contribution in [1.29, 1.82) is 0 Å². The predicted octanol–water partition coefficient (Wildman–Crippen LogP) is 7.31. The molecule has 4 heterocycles. The van der Waals surface area contributed by atoms with Crippen molar-refractivity contribution in [2.75, 3.05) is 0 Å². The largest absolute Gasteiger partial charge is 0.508 e. The number of hydrogen-bond donors (Lipinski definition) is 1. The highest BCUT2D eigenvalue weighted by Crippen LogP contribution is 2.32. The van der Waals surface area contributed by atoms with Gasteiger partial charge in [-0.2, -0.15) is 0 Å². The molecule has 0 fully saturated rings. The van der Waals surface area contributed by atoms with E-state index in [0.29, 0.717) is 0 Å². The molecule has 4 aromatic heterocycles. The smallest absolute Gasteiger partial charge is 0.116 e. The van der Waals surface area contributed by atoms with Crippen LogP contribution in [-0.4, -0.2) is 25.0 Å². The molecule has 5 heteroatoms. The molecule has 0 spiro atoms. The number of aromatic nitrogens is 4. The fraction of sp³-hybridized carbons (Fsp3) is 0. The quantitative estimate of drug-likeness (QED) is 0.281. The molecule has 0 aliphatic carbocycles. The van der Waals surface area contributed by atoms with E-state index in [1.54, 1.807) is 36.9 Å². The van der Waals surface area contributed by atoms with Gasteiger partial charge in [0.1, 0.15) is 5.75 Å². The highest BCUT2D eigenvalue weighted by molar-refractivity contribution is 5.77. The molecule has 0 bridgehead atoms. The van der Waals surface area contributed by atoms with Gasteiger partial charge in [-0.05, 0) is 77.9 Å². The molecule has 0 aliphatic rings. The minimum Gasteiger partial charge on any atom is -0.508 e. The van der Waals surface area contributed by atoms with E-state index < -0.39 is 0 Å². The summed E-state index contributed by atoms with van der Waals surface area (Å²) in [6.45, 7) is 0. The Labute approximate surface area is 214 Å². The zero-order chi connectivity index (χ0) is 25.0. The Hall–Kier alpha value is -5.16. The van der Waals surface area contributed by atoms with Crippen LogP contribution in [0, 0.1) is 0 Å². The average Bonchev–Trinajstić information content (AvgIpc) is 2.98. The fourth-order valence-corrected chi connectivity index (χ4v) is 4.32. The van der Waals surface area contributed by atoms with Crippen LogP contribution in [0.1, 0.15) is 0 Å². The molecule has 0 saturated heterocycles. The van der Waals surface area contributed by atoms with Crippen LogP contribution in [0.15, 0.2) is 128 Å². The molecular weight excluding hydrogens is 456 g/mol. The lowest BCUT2D eigenvalue weighted by molar-refractivity contribution is 0.475. The van der Waals surface area contributed by atoms with Gasteiger partial charge in [0.15, 0.2) is 0 Å². The average molecular weight is 479 g/mol. The maximum absolute atomic E-state index is 9.91. The Balaban J connectivity index is 1.44. The number of phenolic OH excluding ortho intramolecular Hbond substituents is 1. The van der Waals surface area contributed by atoms with Crippen molar-refractivity contribution < 1.29 is 5.11 Å². The third kappa shape index (κ3) is 4.83. The van der Waals surface area contributed by atoms with Crippen molar-refractivity contribution in [1.82, 2.24) is 19.9 Å². The van der Waals surface area contributed by atoms with Crippen LogP contribution in [0.5, 0.6) is 5.75 Å². The summed E-state index contributed by atoms with van der Waals surface area (Å²) in [7, 11) is 0. The number of aromatic hydroxyl groups is 1. The van der Waals surface area contributed by atoms with E-state index in [1.807, 2.05) is 66.7 Å². The third-order valence-corrected chi connectivity index (χ3v) is 6.16. The van der Waals surface area contributed by atoms with Gasteiger partial charge in [-0.3, -0.25) is 9.97 Å². The van der Waals surface area contributed by atoms with Crippen molar-refractivity contribution in [3.63, 3.8) is 0 Å². The SMILES string of the molecule is Oc1cccc(-c2cccc(-c3cccc(-c4cc(-c5ccncc5)nc(-c5ccncc5)c4)n3)c2)c1. The number of pyridine rings is 4. The Morgan fingerprint density at radius 1 is 0.378 bits per heavy atom. The summed E-state index contributed by atoms with van der Waals surface area (Å²) in [5, 5.41) is 9.91. The molecule has 0 atom stereocenters. The lowest BCUT2D eigenvalue weighted by Gasteiger charge is -2.11. The van der Waals surface area contributed by atoms with Gasteiger partial charge in [0.25, 0.3) is 0 Å². The Kier molecular flexibility index (Phi) is 5.93. The molecule has 1 N–H and O–H groups in total. The van der Waals surface area contributed by atoms with E-state index in [2.05, 4.69) is 34.2 Å². The van der Waals surface area contributed by atoms with E-state index in [-0.39, 0.29) is 5.75 Å². The highest BCUT2D eigenvalue weighted by Gasteiger charge is 2.11. The van der Waals surface area contributed by atoms with Gasteiger partial charge in [0.2, 0.25) is 0 Å². The van der Waals surface area contributed by atoms with Crippen LogP contribution >= 0.6 is 0 Å². The lowest BCUT2D eigenvalue weighted by Crippen LogP contribution is -1.94. The second kappa shape index (κ2) is 9.84. The minimum atomic E-state index is 0.246. The first kappa shape index (κ1) is 22.3. The first-order chi connectivity index (χ1) is 18.2. The first-order valence-electron chi connectivity index (χ1n) is 11.9. The minimum absolute atomic E-state index is 0.246. The molecule has 5 nitrogen and oxygen atoms in total. The summed E-state index contributed by atoms with van der Waals surface area (Å²) in [5.41, 5.74) is 9.35. The van der Waals surface area contributed by atoms with Crippen molar-refractivity contribution in [3.8, 4) is 61.9 Å². The van der Waals surface area contributed by atoms with Crippen LogP contribution in [0.2, 0.25) is 0 Å². The standard InChI is InChI=1S/C32H22N4O/c37-28-7-2-5-25(19-28)24-4-1-6-26(18-24)29-8-3-9-30(35-29)27-20-31(22-10-14-33-15-11-22)36-32(21-27)23-12-16-34-17-13-23/h1-21,37H. The van der Waals surface area contributed by atoms with Crippen molar-refractivity contribution in [2.45, 2.75) is 0 Å². The van der Waals surface area contributed by atoms with Gasteiger partial charge in [0.05, 0.1) is 22.8 Å². The highest BCUT2D eigenvalue weighted by atomic mass is 16.3. The van der Waals surface area contributed by atoms with E-state index >= 15 is 0 Å². The summed E-state index contributed by atoms with van der Waals surface area (Å²) in [4.78, 5) is 18.3. The van der Waals surface area contributed by atoms with E-state index in [0.717, 1.165) is 56.2 Å². The van der Waals surface area contributed by atoms with Gasteiger partial charge in [0, 0.05) is 47.0 Å². The van der Waals surface area contributed by atoms with Crippen LogP contribution < -0.4 is 0 Å². The summed E-state index contributed by atoms with van der Waals surface area (Å²) in [6, 6.07) is 33.5. The summed E-state index contributed by atoms with van der Waals surface area (Å²) >= 11 is 0. The zero-order valence-electron chi connectivity index (χ0n) is 19.9. The molecule has 0 amide bonds. The molecule has 0 saturated carbocycles. The van der Waals surface area contributed by atoms with Crippen LogP contribution in [0.4, 0.5) is 0 Å². The maximum atomic E-state index is 9.91. The predicted molar refractivity (Wildman–Crippen MR) is 146 cm³/mol. The van der Waals surface area contributed by atoms with Gasteiger partial charge in [-0.1, -0.05) is 36.4 Å². The van der Waals surface area contributed by atoms with Crippen molar-refractivity contribution in [2.24, 2.45) is 0 Å². The monoisotopic (exact) mass is 478 g/mol. The summed E-state index contributed by atoms with van der Waals surface area (Å²) in [6.07, 6.45) is 7.09. The summed E-state index contributed by atoms with van der Waals surface area (Å²) in [5.74, 6) is 0.246. The molecule has 0 unspecified atom stereocenters. The van der Waals surface area contributed by atoms with E-state index in [9.17, 15) is 5.11 Å². The number of phenols is 1. The van der Waals surface area contributed by atoms with E-state index in [4.69, 9.17) is 9.97 Å². The maximum Gasteiger partial charge on any atom is 0.116 e. The van der Waals surface area contributed by atoms with Gasteiger partial charge in [-0.25, -0.2) is 9.97 Å². The van der Waals surface area contributed by atoms with Crippen LogP contribution in [0.3, 0.4) is 0 Å². The normalized spacial score (nSPS) is 10.8. The number of hydrogen-bond acceptors (Lipinski definition) is 5.